The maximum atomic E-state index is 12.1. The number of hydrogen-bond donors (Lipinski definition) is 1. The highest BCUT2D eigenvalue weighted by Crippen LogP contribution is 2.26. The lowest BCUT2D eigenvalue weighted by Crippen LogP contribution is -2.36. The van der Waals surface area contributed by atoms with Crippen LogP contribution in [-0.2, 0) is 9.53 Å². The summed E-state index contributed by atoms with van der Waals surface area (Å²) in [6.07, 6.45) is 0. The van der Waals surface area contributed by atoms with Crippen molar-refractivity contribution in [1.29, 1.82) is 0 Å². The number of anilines is 2. The second-order valence-electron chi connectivity index (χ2n) is 6.35. The van der Waals surface area contributed by atoms with E-state index in [9.17, 15) is 4.79 Å². The van der Waals surface area contributed by atoms with E-state index < -0.39 is 0 Å². The third-order valence-corrected chi connectivity index (χ3v) is 4.90. The number of morpholine rings is 1. The molecule has 0 radical (unpaired) electrons. The van der Waals surface area contributed by atoms with Gasteiger partial charge in [0.05, 0.1) is 13.2 Å². The van der Waals surface area contributed by atoms with Crippen LogP contribution in [0.3, 0.4) is 0 Å². The van der Waals surface area contributed by atoms with E-state index in [2.05, 4.69) is 10.2 Å². The Bertz CT molecular complexity index is 748. The summed E-state index contributed by atoms with van der Waals surface area (Å²) >= 11 is 6.14. The molecule has 2 aromatic carbocycles. The third-order valence-electron chi connectivity index (χ3n) is 4.31. The van der Waals surface area contributed by atoms with Gasteiger partial charge in [0, 0.05) is 29.5 Å². The molecule has 26 heavy (non-hydrogen) atoms. The van der Waals surface area contributed by atoms with Crippen LogP contribution in [0.1, 0.15) is 11.1 Å². The number of hydrogen-bond acceptors (Lipinski definition) is 4. The van der Waals surface area contributed by atoms with Gasteiger partial charge in [-0.2, -0.15) is 0 Å². The Hall–Kier alpha value is -2.24. The van der Waals surface area contributed by atoms with Crippen molar-refractivity contribution >= 4 is 28.9 Å². The van der Waals surface area contributed by atoms with Crippen LogP contribution < -0.4 is 15.0 Å². The summed E-state index contributed by atoms with van der Waals surface area (Å²) in [6, 6.07) is 11.5. The number of aryl methyl sites for hydroxylation is 2. The lowest BCUT2D eigenvalue weighted by atomic mass is 10.1. The zero-order valence-electron chi connectivity index (χ0n) is 15.0. The van der Waals surface area contributed by atoms with E-state index in [0.717, 1.165) is 53.8 Å². The van der Waals surface area contributed by atoms with Crippen molar-refractivity contribution < 1.29 is 14.3 Å². The Balaban J connectivity index is 1.53. The van der Waals surface area contributed by atoms with Crippen LogP contribution in [0.15, 0.2) is 36.4 Å². The molecule has 0 bridgehead atoms. The third kappa shape index (κ3) is 4.68. The van der Waals surface area contributed by atoms with Gasteiger partial charge in [-0.1, -0.05) is 11.6 Å². The molecule has 0 aromatic heterocycles. The van der Waals surface area contributed by atoms with Crippen LogP contribution in [0.5, 0.6) is 5.75 Å². The summed E-state index contributed by atoms with van der Waals surface area (Å²) in [7, 11) is 0. The Morgan fingerprint density at radius 2 is 1.77 bits per heavy atom. The smallest absolute Gasteiger partial charge is 0.262 e. The van der Waals surface area contributed by atoms with Gasteiger partial charge >= 0.3 is 0 Å². The Kier molecular flexibility index (Phi) is 6.01. The van der Waals surface area contributed by atoms with E-state index in [1.807, 2.05) is 50.2 Å². The van der Waals surface area contributed by atoms with E-state index >= 15 is 0 Å². The molecule has 0 aliphatic carbocycles. The van der Waals surface area contributed by atoms with E-state index in [0.29, 0.717) is 5.75 Å². The van der Waals surface area contributed by atoms with E-state index in [-0.39, 0.29) is 12.5 Å². The minimum atomic E-state index is -0.200. The molecular formula is C20H23ClN2O3. The molecule has 0 unspecified atom stereocenters. The van der Waals surface area contributed by atoms with Crippen LogP contribution >= 0.6 is 11.6 Å². The van der Waals surface area contributed by atoms with Crippen LogP contribution in [0.2, 0.25) is 5.02 Å². The summed E-state index contributed by atoms with van der Waals surface area (Å²) < 4.78 is 10.9. The number of carbonyl (C=O) groups is 1. The quantitative estimate of drug-likeness (QED) is 0.864. The standard InChI is InChI=1S/C20H23ClN2O3/c1-14-11-18(12-15(2)20(14)21)26-13-19(24)22-16-3-5-17(6-4-16)23-7-9-25-10-8-23/h3-6,11-12H,7-10,13H2,1-2H3,(H,22,24). The summed E-state index contributed by atoms with van der Waals surface area (Å²) in [5.41, 5.74) is 3.75. The molecule has 0 spiro atoms. The van der Waals surface area contributed by atoms with Crippen molar-refractivity contribution in [1.82, 2.24) is 0 Å². The molecule has 1 N–H and O–H groups in total. The van der Waals surface area contributed by atoms with Gasteiger partial charge in [-0.3, -0.25) is 4.79 Å². The molecule has 1 amide bonds. The van der Waals surface area contributed by atoms with Crippen molar-refractivity contribution in [2.45, 2.75) is 13.8 Å². The molecule has 0 saturated carbocycles. The number of rotatable bonds is 5. The number of halogens is 1. The predicted molar refractivity (Wildman–Crippen MR) is 105 cm³/mol. The van der Waals surface area contributed by atoms with E-state index in [4.69, 9.17) is 21.1 Å². The first-order valence-electron chi connectivity index (χ1n) is 8.65. The van der Waals surface area contributed by atoms with E-state index in [1.54, 1.807) is 0 Å². The molecule has 0 atom stereocenters. The molecule has 1 saturated heterocycles. The molecule has 1 fully saturated rings. The fraction of sp³-hybridized carbons (Fsp3) is 0.350. The zero-order chi connectivity index (χ0) is 18.5. The van der Waals surface area contributed by atoms with Gasteiger partial charge in [-0.25, -0.2) is 0 Å². The number of amides is 1. The lowest BCUT2D eigenvalue weighted by molar-refractivity contribution is -0.118. The van der Waals surface area contributed by atoms with Crippen LogP contribution in [-0.4, -0.2) is 38.8 Å². The van der Waals surface area contributed by atoms with Crippen LogP contribution in [0, 0.1) is 13.8 Å². The second kappa shape index (κ2) is 8.43. The molecule has 6 heteroatoms. The summed E-state index contributed by atoms with van der Waals surface area (Å²) in [5.74, 6) is 0.441. The Morgan fingerprint density at radius 1 is 1.15 bits per heavy atom. The maximum absolute atomic E-state index is 12.1. The molecule has 1 aliphatic rings. The van der Waals surface area contributed by atoms with Crippen molar-refractivity contribution in [3.63, 3.8) is 0 Å². The number of nitrogens with one attached hydrogen (secondary N) is 1. The van der Waals surface area contributed by atoms with Crippen molar-refractivity contribution in [3.05, 3.63) is 52.5 Å². The van der Waals surface area contributed by atoms with Crippen molar-refractivity contribution in [3.8, 4) is 5.75 Å². The van der Waals surface area contributed by atoms with Crippen molar-refractivity contribution in [2.24, 2.45) is 0 Å². The van der Waals surface area contributed by atoms with E-state index in [1.165, 1.54) is 0 Å². The average molecular weight is 375 g/mol. The molecular weight excluding hydrogens is 352 g/mol. The molecule has 1 heterocycles. The van der Waals surface area contributed by atoms with Crippen molar-refractivity contribution in [2.75, 3.05) is 43.1 Å². The lowest BCUT2D eigenvalue weighted by Gasteiger charge is -2.28. The number of carbonyl (C=O) groups excluding carboxylic acids is 1. The van der Waals surface area contributed by atoms with Gasteiger partial charge < -0.3 is 19.7 Å². The van der Waals surface area contributed by atoms with Crippen LogP contribution in [0.25, 0.3) is 0 Å². The monoisotopic (exact) mass is 374 g/mol. The number of nitrogens with zero attached hydrogens (tertiary/aromatic N) is 1. The molecule has 5 nitrogen and oxygen atoms in total. The number of benzene rings is 2. The second-order valence-corrected chi connectivity index (χ2v) is 6.73. The maximum Gasteiger partial charge on any atom is 0.262 e. The van der Waals surface area contributed by atoms with Gasteiger partial charge in [0.25, 0.3) is 5.91 Å². The topological polar surface area (TPSA) is 50.8 Å². The van der Waals surface area contributed by atoms with Gasteiger partial charge in [0.2, 0.25) is 0 Å². The van der Waals surface area contributed by atoms with Gasteiger partial charge in [-0.05, 0) is 61.4 Å². The Morgan fingerprint density at radius 3 is 2.38 bits per heavy atom. The first-order valence-corrected chi connectivity index (χ1v) is 9.03. The van der Waals surface area contributed by atoms with Gasteiger partial charge in [0.1, 0.15) is 5.75 Å². The number of ether oxygens (including phenoxy) is 2. The summed E-state index contributed by atoms with van der Waals surface area (Å²) in [4.78, 5) is 14.4. The minimum absolute atomic E-state index is 0.0499. The highest BCUT2D eigenvalue weighted by molar-refractivity contribution is 6.32. The zero-order valence-corrected chi connectivity index (χ0v) is 15.8. The SMILES string of the molecule is Cc1cc(OCC(=O)Nc2ccc(N3CCOCC3)cc2)cc(C)c1Cl. The Labute approximate surface area is 158 Å². The molecule has 1 aliphatic heterocycles. The predicted octanol–water partition coefficient (Wildman–Crippen LogP) is 3.81. The molecule has 2 aromatic rings. The van der Waals surface area contributed by atoms with Crippen LogP contribution in [0.4, 0.5) is 11.4 Å². The minimum Gasteiger partial charge on any atom is -0.484 e. The summed E-state index contributed by atoms with van der Waals surface area (Å²) in [5, 5.41) is 3.57. The summed E-state index contributed by atoms with van der Waals surface area (Å²) in [6.45, 7) is 7.06. The molecule has 138 valence electrons. The highest BCUT2D eigenvalue weighted by Gasteiger charge is 2.11. The highest BCUT2D eigenvalue weighted by atomic mass is 35.5. The van der Waals surface area contributed by atoms with Gasteiger partial charge in [0.15, 0.2) is 6.61 Å². The van der Waals surface area contributed by atoms with Gasteiger partial charge in [-0.15, -0.1) is 0 Å². The fourth-order valence-corrected chi connectivity index (χ4v) is 3.02. The average Bonchev–Trinajstić information content (AvgIpc) is 2.65. The fourth-order valence-electron chi connectivity index (χ4n) is 2.91. The first-order chi connectivity index (χ1) is 12.5. The first kappa shape index (κ1) is 18.5. The normalized spacial score (nSPS) is 14.2. The largest absolute Gasteiger partial charge is 0.484 e. The molecule has 3 rings (SSSR count).